The van der Waals surface area contributed by atoms with Gasteiger partial charge >= 0.3 is 0 Å². The van der Waals surface area contributed by atoms with Crippen molar-refractivity contribution in [2.45, 2.75) is 71.4 Å². The van der Waals surface area contributed by atoms with Gasteiger partial charge in [-0.15, -0.1) is 0 Å². The molecule has 0 radical (unpaired) electrons. The second-order valence-corrected chi connectivity index (χ2v) is 5.91. The number of hydrogen-bond donors (Lipinski definition) is 2. The van der Waals surface area contributed by atoms with Gasteiger partial charge in [0.05, 0.1) is 0 Å². The number of nitrogens with two attached hydrogens (primary N) is 1. The molecule has 0 saturated heterocycles. The molecule has 3 atom stereocenters. The topological polar surface area (TPSA) is 38.0 Å². The summed E-state index contributed by atoms with van der Waals surface area (Å²) in [4.78, 5) is 0. The molecule has 1 aliphatic rings. The van der Waals surface area contributed by atoms with Crippen LogP contribution < -0.4 is 11.1 Å². The van der Waals surface area contributed by atoms with E-state index in [4.69, 9.17) is 5.73 Å². The Labute approximate surface area is 101 Å². The highest BCUT2D eigenvalue weighted by atomic mass is 15.0. The zero-order valence-corrected chi connectivity index (χ0v) is 11.6. The second-order valence-electron chi connectivity index (χ2n) is 5.91. The third kappa shape index (κ3) is 2.98. The Balaban J connectivity index is 2.79. The van der Waals surface area contributed by atoms with E-state index in [0.717, 1.165) is 18.4 Å². The molecule has 0 bridgehead atoms. The van der Waals surface area contributed by atoms with Gasteiger partial charge in [0.1, 0.15) is 0 Å². The first-order valence-corrected chi connectivity index (χ1v) is 7.03. The second kappa shape index (κ2) is 6.02. The van der Waals surface area contributed by atoms with E-state index in [-0.39, 0.29) is 5.54 Å². The first kappa shape index (κ1) is 14.0. The standard InChI is InChI=1S/C14H30N2/c1-5-12(4)16-14(10-15)9-7-6-8-13(14)11(2)3/h11-13,16H,5-10,15H2,1-4H3. The lowest BCUT2D eigenvalue weighted by Crippen LogP contribution is -2.61. The highest BCUT2D eigenvalue weighted by Crippen LogP contribution is 2.38. The van der Waals surface area contributed by atoms with Gasteiger partial charge in [-0.2, -0.15) is 0 Å². The van der Waals surface area contributed by atoms with Crippen molar-refractivity contribution < 1.29 is 0 Å². The quantitative estimate of drug-likeness (QED) is 0.756. The van der Waals surface area contributed by atoms with Crippen LogP contribution in [-0.2, 0) is 0 Å². The van der Waals surface area contributed by atoms with Crippen molar-refractivity contribution in [2.75, 3.05) is 6.54 Å². The molecule has 0 heterocycles. The molecule has 1 fully saturated rings. The molecule has 1 saturated carbocycles. The van der Waals surface area contributed by atoms with E-state index in [1.807, 2.05) is 0 Å². The van der Waals surface area contributed by atoms with Gasteiger partial charge in [-0.3, -0.25) is 0 Å². The van der Waals surface area contributed by atoms with Crippen molar-refractivity contribution in [1.29, 1.82) is 0 Å². The minimum Gasteiger partial charge on any atom is -0.329 e. The molecule has 0 spiro atoms. The lowest BCUT2D eigenvalue weighted by molar-refractivity contribution is 0.0971. The van der Waals surface area contributed by atoms with Crippen molar-refractivity contribution in [3.8, 4) is 0 Å². The van der Waals surface area contributed by atoms with Gasteiger partial charge in [-0.25, -0.2) is 0 Å². The maximum absolute atomic E-state index is 6.11. The molecule has 96 valence electrons. The van der Waals surface area contributed by atoms with Gasteiger partial charge in [0.25, 0.3) is 0 Å². The molecule has 16 heavy (non-hydrogen) atoms. The summed E-state index contributed by atoms with van der Waals surface area (Å²) in [5.74, 6) is 1.49. The summed E-state index contributed by atoms with van der Waals surface area (Å²) in [5.41, 5.74) is 6.32. The molecule has 2 heteroatoms. The summed E-state index contributed by atoms with van der Waals surface area (Å²) in [6.45, 7) is 10.0. The molecule has 1 rings (SSSR count). The van der Waals surface area contributed by atoms with Crippen molar-refractivity contribution >= 4 is 0 Å². The third-order valence-electron chi connectivity index (χ3n) is 4.41. The fourth-order valence-corrected chi connectivity index (χ4v) is 3.32. The number of hydrogen-bond acceptors (Lipinski definition) is 2. The maximum Gasteiger partial charge on any atom is 0.0337 e. The Bertz CT molecular complexity index is 203. The van der Waals surface area contributed by atoms with E-state index in [9.17, 15) is 0 Å². The van der Waals surface area contributed by atoms with E-state index in [2.05, 4.69) is 33.0 Å². The predicted molar refractivity (Wildman–Crippen MR) is 71.5 cm³/mol. The highest BCUT2D eigenvalue weighted by Gasteiger charge is 2.41. The van der Waals surface area contributed by atoms with Gasteiger partial charge in [-0.1, -0.05) is 33.6 Å². The van der Waals surface area contributed by atoms with E-state index in [1.54, 1.807) is 0 Å². The molecule has 1 aliphatic carbocycles. The summed E-state index contributed by atoms with van der Waals surface area (Å²) in [6, 6.07) is 0.586. The lowest BCUT2D eigenvalue weighted by Gasteiger charge is -2.48. The van der Waals surface area contributed by atoms with Crippen LogP contribution in [0.5, 0.6) is 0 Å². The summed E-state index contributed by atoms with van der Waals surface area (Å²) < 4.78 is 0. The predicted octanol–water partition coefficient (Wildman–Crippen LogP) is 2.92. The number of nitrogens with one attached hydrogen (secondary N) is 1. The van der Waals surface area contributed by atoms with Gasteiger partial charge in [-0.05, 0) is 38.0 Å². The third-order valence-corrected chi connectivity index (χ3v) is 4.41. The molecule has 3 unspecified atom stereocenters. The van der Waals surface area contributed by atoms with Crippen LogP contribution in [0.15, 0.2) is 0 Å². The Hall–Kier alpha value is -0.0800. The van der Waals surface area contributed by atoms with E-state index >= 15 is 0 Å². The fourth-order valence-electron chi connectivity index (χ4n) is 3.32. The van der Waals surface area contributed by atoms with Crippen LogP contribution in [0.1, 0.15) is 59.8 Å². The molecular formula is C14H30N2. The largest absolute Gasteiger partial charge is 0.329 e. The summed E-state index contributed by atoms with van der Waals surface area (Å²) in [7, 11) is 0. The van der Waals surface area contributed by atoms with E-state index in [0.29, 0.717) is 6.04 Å². The van der Waals surface area contributed by atoms with Crippen LogP contribution in [0.25, 0.3) is 0 Å². The fraction of sp³-hybridized carbons (Fsp3) is 1.00. The molecule has 0 amide bonds. The smallest absolute Gasteiger partial charge is 0.0337 e. The lowest BCUT2D eigenvalue weighted by atomic mass is 9.67. The first-order valence-electron chi connectivity index (χ1n) is 7.03. The van der Waals surface area contributed by atoms with Gasteiger partial charge < -0.3 is 11.1 Å². The average Bonchev–Trinajstić information content (AvgIpc) is 2.29. The summed E-state index contributed by atoms with van der Waals surface area (Å²) in [6.07, 6.45) is 6.51. The highest BCUT2D eigenvalue weighted by molar-refractivity contribution is 5.00. The summed E-state index contributed by atoms with van der Waals surface area (Å²) in [5, 5.41) is 3.84. The minimum atomic E-state index is 0.210. The SMILES string of the molecule is CCC(C)NC1(CN)CCCCC1C(C)C. The molecule has 2 nitrogen and oxygen atoms in total. The van der Waals surface area contributed by atoms with Crippen molar-refractivity contribution in [2.24, 2.45) is 17.6 Å². The normalized spacial score (nSPS) is 33.0. The van der Waals surface area contributed by atoms with Crippen LogP contribution in [0, 0.1) is 11.8 Å². The van der Waals surface area contributed by atoms with Crippen LogP contribution in [-0.4, -0.2) is 18.1 Å². The summed E-state index contributed by atoms with van der Waals surface area (Å²) >= 11 is 0. The number of rotatable bonds is 5. The van der Waals surface area contributed by atoms with Crippen LogP contribution in [0.3, 0.4) is 0 Å². The van der Waals surface area contributed by atoms with Gasteiger partial charge in [0, 0.05) is 18.1 Å². The Kier molecular flexibility index (Phi) is 5.26. The van der Waals surface area contributed by atoms with Crippen LogP contribution in [0.4, 0.5) is 0 Å². The van der Waals surface area contributed by atoms with Crippen molar-refractivity contribution in [1.82, 2.24) is 5.32 Å². The minimum absolute atomic E-state index is 0.210. The van der Waals surface area contributed by atoms with Gasteiger partial charge in [0.2, 0.25) is 0 Å². The molecule has 0 aliphatic heterocycles. The van der Waals surface area contributed by atoms with Crippen molar-refractivity contribution in [3.05, 3.63) is 0 Å². The molecule has 3 N–H and O–H groups in total. The van der Waals surface area contributed by atoms with Crippen molar-refractivity contribution in [3.63, 3.8) is 0 Å². The maximum atomic E-state index is 6.11. The average molecular weight is 226 g/mol. The molecule has 0 aromatic heterocycles. The molecule has 0 aromatic carbocycles. The van der Waals surface area contributed by atoms with Crippen LogP contribution in [0.2, 0.25) is 0 Å². The Morgan fingerprint density at radius 2 is 2.00 bits per heavy atom. The van der Waals surface area contributed by atoms with E-state index < -0.39 is 0 Å². The zero-order chi connectivity index (χ0) is 12.2. The molecule has 0 aromatic rings. The van der Waals surface area contributed by atoms with Crippen LogP contribution >= 0.6 is 0 Å². The first-order chi connectivity index (χ1) is 7.55. The van der Waals surface area contributed by atoms with E-state index in [1.165, 1.54) is 32.1 Å². The monoisotopic (exact) mass is 226 g/mol. The Morgan fingerprint density at radius 1 is 1.31 bits per heavy atom. The van der Waals surface area contributed by atoms with Gasteiger partial charge in [0.15, 0.2) is 0 Å². The molecular weight excluding hydrogens is 196 g/mol. The Morgan fingerprint density at radius 3 is 2.50 bits per heavy atom. The zero-order valence-electron chi connectivity index (χ0n) is 11.6.